The zero-order valence-electron chi connectivity index (χ0n) is 21.8. The Morgan fingerprint density at radius 1 is 0.538 bits per heavy atom. The molecule has 8 aromatic rings. The third kappa shape index (κ3) is 3.18. The van der Waals surface area contributed by atoms with Crippen LogP contribution in [-0.2, 0) is 0 Å². The summed E-state index contributed by atoms with van der Waals surface area (Å²) >= 11 is 0. The monoisotopic (exact) mass is 502 g/mol. The molecule has 0 bridgehead atoms. The van der Waals surface area contributed by atoms with E-state index in [2.05, 4.69) is 138 Å². The van der Waals surface area contributed by atoms with Crippen molar-refractivity contribution in [1.82, 2.24) is 19.2 Å². The molecular weight excluding hydrogens is 476 g/mol. The van der Waals surface area contributed by atoms with E-state index in [4.69, 9.17) is 10.2 Å². The maximum atomic E-state index is 4.72. The molecule has 0 saturated carbocycles. The van der Waals surface area contributed by atoms with Gasteiger partial charge in [0.2, 0.25) is 0 Å². The predicted molar refractivity (Wildman–Crippen MR) is 162 cm³/mol. The molecule has 0 aliphatic rings. The van der Waals surface area contributed by atoms with Gasteiger partial charge in [-0.1, -0.05) is 80.6 Å². The molecule has 0 spiro atoms. The van der Waals surface area contributed by atoms with Crippen LogP contribution < -0.4 is 0 Å². The highest BCUT2D eigenvalue weighted by molar-refractivity contribution is 6.12. The van der Waals surface area contributed by atoms with Crippen LogP contribution in [0.4, 0.5) is 0 Å². The predicted octanol–water partition coefficient (Wildman–Crippen LogP) is 8.92. The second-order valence-electron chi connectivity index (χ2n) is 10.6. The van der Waals surface area contributed by atoms with E-state index in [9.17, 15) is 0 Å². The molecule has 186 valence electrons. The summed E-state index contributed by atoms with van der Waals surface area (Å²) in [7, 11) is 0. The molecule has 0 saturated heterocycles. The number of pyridine rings is 1. The van der Waals surface area contributed by atoms with E-state index in [1.807, 2.05) is 0 Å². The summed E-state index contributed by atoms with van der Waals surface area (Å²) in [6.07, 6.45) is 0. The third-order valence-corrected chi connectivity index (χ3v) is 8.01. The van der Waals surface area contributed by atoms with Crippen molar-refractivity contribution in [2.45, 2.75) is 19.8 Å². The van der Waals surface area contributed by atoms with Crippen LogP contribution in [0.15, 0.2) is 115 Å². The minimum atomic E-state index is 0.456. The fraction of sp³-hybridized carbons (Fsp3) is 0.0857. The van der Waals surface area contributed by atoms with Crippen LogP contribution in [0.25, 0.3) is 66.2 Å². The van der Waals surface area contributed by atoms with Gasteiger partial charge in [-0.25, -0.2) is 0 Å². The lowest BCUT2D eigenvalue weighted by atomic mass is 9.98. The molecule has 5 aromatic carbocycles. The number of hydrogen-bond donors (Lipinski definition) is 0. The van der Waals surface area contributed by atoms with Gasteiger partial charge in [-0.15, -0.1) is 10.2 Å². The van der Waals surface area contributed by atoms with Gasteiger partial charge in [0.15, 0.2) is 11.5 Å². The van der Waals surface area contributed by atoms with Crippen LogP contribution in [-0.4, -0.2) is 19.2 Å². The molecule has 0 fully saturated rings. The largest absolute Gasteiger partial charge is 0.309 e. The highest BCUT2D eigenvalue weighted by Crippen LogP contribution is 2.35. The van der Waals surface area contributed by atoms with Crippen molar-refractivity contribution >= 4 is 49.1 Å². The maximum Gasteiger partial charge on any atom is 0.169 e. The van der Waals surface area contributed by atoms with Crippen LogP contribution >= 0.6 is 0 Å². The standard InChI is InChI=1S/C35H26N4/c1-22(2)24-17-20-33-30(21-24)26-9-3-4-12-29(26)35-37-36-34(39(33)35)23-15-18-25(19-16-23)38-31-13-7-5-10-27(31)28-11-6-8-14-32(28)38/h3-22H,1-2H3. The van der Waals surface area contributed by atoms with Crippen molar-refractivity contribution in [2.75, 3.05) is 0 Å². The Hall–Kier alpha value is -4.96. The fourth-order valence-electron chi connectivity index (χ4n) is 6.07. The lowest BCUT2D eigenvalue weighted by Crippen LogP contribution is -1.97. The first-order chi connectivity index (χ1) is 19.2. The minimum Gasteiger partial charge on any atom is -0.309 e. The number of fused-ring (bicyclic) bond motifs is 9. The first-order valence-electron chi connectivity index (χ1n) is 13.5. The second kappa shape index (κ2) is 8.27. The van der Waals surface area contributed by atoms with Gasteiger partial charge in [0, 0.05) is 32.8 Å². The number of hydrogen-bond acceptors (Lipinski definition) is 2. The molecule has 0 amide bonds. The van der Waals surface area contributed by atoms with E-state index in [-0.39, 0.29) is 0 Å². The van der Waals surface area contributed by atoms with Crippen molar-refractivity contribution in [3.8, 4) is 17.1 Å². The fourth-order valence-corrected chi connectivity index (χ4v) is 6.07. The van der Waals surface area contributed by atoms with Gasteiger partial charge < -0.3 is 4.57 Å². The third-order valence-electron chi connectivity index (χ3n) is 8.01. The number of benzene rings is 5. The number of rotatable bonds is 3. The average molecular weight is 503 g/mol. The summed E-state index contributed by atoms with van der Waals surface area (Å²) in [6.45, 7) is 4.48. The molecule has 0 radical (unpaired) electrons. The Morgan fingerprint density at radius 2 is 1.15 bits per heavy atom. The smallest absolute Gasteiger partial charge is 0.169 e. The number of aromatic nitrogens is 4. The van der Waals surface area contributed by atoms with Crippen LogP contribution in [0.3, 0.4) is 0 Å². The van der Waals surface area contributed by atoms with E-state index >= 15 is 0 Å². The first kappa shape index (κ1) is 22.1. The Kier molecular flexibility index (Phi) is 4.68. The lowest BCUT2D eigenvalue weighted by Gasteiger charge is -2.13. The normalized spacial score (nSPS) is 12.1. The highest BCUT2D eigenvalue weighted by atomic mass is 15.2. The molecule has 3 aromatic heterocycles. The summed E-state index contributed by atoms with van der Waals surface area (Å²) in [6, 6.07) is 41.2. The summed E-state index contributed by atoms with van der Waals surface area (Å²) in [4.78, 5) is 0. The van der Waals surface area contributed by atoms with Gasteiger partial charge in [0.1, 0.15) is 0 Å². The average Bonchev–Trinajstić information content (AvgIpc) is 3.58. The van der Waals surface area contributed by atoms with Crippen LogP contribution in [0.5, 0.6) is 0 Å². The molecule has 3 heterocycles. The highest BCUT2D eigenvalue weighted by Gasteiger charge is 2.17. The van der Waals surface area contributed by atoms with E-state index < -0.39 is 0 Å². The Morgan fingerprint density at radius 3 is 1.82 bits per heavy atom. The quantitative estimate of drug-likeness (QED) is 0.226. The van der Waals surface area contributed by atoms with Crippen molar-refractivity contribution in [1.29, 1.82) is 0 Å². The zero-order valence-corrected chi connectivity index (χ0v) is 21.8. The molecule has 0 atom stereocenters. The van der Waals surface area contributed by atoms with E-state index in [1.165, 1.54) is 38.1 Å². The van der Waals surface area contributed by atoms with Crippen molar-refractivity contribution < 1.29 is 0 Å². The summed E-state index contributed by atoms with van der Waals surface area (Å²) < 4.78 is 4.56. The van der Waals surface area contributed by atoms with Gasteiger partial charge in [-0.2, -0.15) is 0 Å². The second-order valence-corrected chi connectivity index (χ2v) is 10.6. The molecule has 39 heavy (non-hydrogen) atoms. The van der Waals surface area contributed by atoms with E-state index in [0.717, 1.165) is 33.6 Å². The lowest BCUT2D eigenvalue weighted by molar-refractivity contribution is 0.868. The van der Waals surface area contributed by atoms with Crippen LogP contribution in [0, 0.1) is 0 Å². The van der Waals surface area contributed by atoms with Crippen LogP contribution in [0.1, 0.15) is 25.3 Å². The van der Waals surface area contributed by atoms with Gasteiger partial charge >= 0.3 is 0 Å². The molecule has 8 rings (SSSR count). The van der Waals surface area contributed by atoms with Gasteiger partial charge in [-0.3, -0.25) is 4.40 Å². The van der Waals surface area contributed by atoms with E-state index in [1.54, 1.807) is 0 Å². The minimum absolute atomic E-state index is 0.456. The SMILES string of the molecule is CC(C)c1ccc2c(c1)c1ccccc1c1nnc(-c3ccc(-n4c5ccccc5c5ccccc54)cc3)n21. The number of nitrogens with zero attached hydrogens (tertiary/aromatic N) is 4. The van der Waals surface area contributed by atoms with Crippen molar-refractivity contribution in [2.24, 2.45) is 0 Å². The molecule has 0 aliphatic heterocycles. The maximum absolute atomic E-state index is 4.72. The molecule has 0 aliphatic carbocycles. The van der Waals surface area contributed by atoms with Gasteiger partial charge in [0.25, 0.3) is 0 Å². The molecular formula is C35H26N4. The zero-order chi connectivity index (χ0) is 26.1. The van der Waals surface area contributed by atoms with Gasteiger partial charge in [-0.05, 0) is 65.4 Å². The molecule has 0 unspecified atom stereocenters. The van der Waals surface area contributed by atoms with Crippen molar-refractivity contribution in [3.63, 3.8) is 0 Å². The van der Waals surface area contributed by atoms with Gasteiger partial charge in [0.05, 0.1) is 16.6 Å². The van der Waals surface area contributed by atoms with Crippen LogP contribution in [0.2, 0.25) is 0 Å². The Bertz CT molecular complexity index is 2140. The molecule has 0 N–H and O–H groups in total. The summed E-state index contributed by atoms with van der Waals surface area (Å²) in [5, 5.41) is 15.5. The molecule has 4 nitrogen and oxygen atoms in total. The summed E-state index contributed by atoms with van der Waals surface area (Å²) in [5.41, 5.74) is 7.92. The number of para-hydroxylation sites is 2. The first-order valence-corrected chi connectivity index (χ1v) is 13.5. The molecule has 4 heteroatoms. The Balaban J connectivity index is 1.35. The van der Waals surface area contributed by atoms with Crippen molar-refractivity contribution in [3.05, 3.63) is 121 Å². The topological polar surface area (TPSA) is 35.1 Å². The Labute approximate surface area is 225 Å². The van der Waals surface area contributed by atoms with E-state index in [0.29, 0.717) is 5.92 Å². The summed E-state index contributed by atoms with van der Waals surface area (Å²) in [5.74, 6) is 1.31.